The molecule has 1 amide bonds. The van der Waals surface area contributed by atoms with Crippen LogP contribution in [0.4, 0.5) is 5.69 Å². The highest BCUT2D eigenvalue weighted by Crippen LogP contribution is 2.32. The fraction of sp³-hybridized carbons (Fsp3) is 0.278. The second kappa shape index (κ2) is 7.14. The van der Waals surface area contributed by atoms with E-state index in [1.54, 1.807) is 30.5 Å². The van der Waals surface area contributed by atoms with Crippen LogP contribution < -0.4 is 14.8 Å². The first-order chi connectivity index (χ1) is 13.5. The molecule has 0 spiro atoms. The van der Waals surface area contributed by atoms with Crippen LogP contribution in [0.2, 0.25) is 0 Å². The number of nitrogens with one attached hydrogen (secondary N) is 1. The van der Waals surface area contributed by atoms with Gasteiger partial charge in [-0.15, -0.1) is 5.10 Å². The SMILES string of the molecule is Cc1ccnc2nc(C(=O)O[C@@H](C)C(=O)Nc3ccc4c(c3)OCCO4)nn12. The summed E-state index contributed by atoms with van der Waals surface area (Å²) in [5, 5.41) is 6.74. The van der Waals surface area contributed by atoms with Crippen molar-refractivity contribution in [2.24, 2.45) is 0 Å². The standard InChI is InChI=1S/C18H17N5O5/c1-10-5-6-19-18-21-15(22-23(10)18)17(25)28-11(2)16(24)20-12-3-4-13-14(9-12)27-8-7-26-13/h3-6,9,11H,7-8H2,1-2H3,(H,20,24)/t11-/m0/s1. The van der Waals surface area contributed by atoms with E-state index >= 15 is 0 Å². The number of hydrogen-bond acceptors (Lipinski definition) is 8. The van der Waals surface area contributed by atoms with Crippen molar-refractivity contribution in [1.82, 2.24) is 19.6 Å². The Balaban J connectivity index is 1.42. The molecule has 0 saturated heterocycles. The number of aromatic nitrogens is 4. The van der Waals surface area contributed by atoms with Crippen LogP contribution in [0, 0.1) is 6.92 Å². The van der Waals surface area contributed by atoms with Crippen molar-refractivity contribution in [3.05, 3.63) is 42.0 Å². The molecular weight excluding hydrogens is 366 g/mol. The summed E-state index contributed by atoms with van der Waals surface area (Å²) < 4.78 is 17.5. The number of fused-ring (bicyclic) bond motifs is 2. The molecule has 0 radical (unpaired) electrons. The van der Waals surface area contributed by atoms with Crippen molar-refractivity contribution in [2.75, 3.05) is 18.5 Å². The first kappa shape index (κ1) is 17.7. The molecule has 0 saturated carbocycles. The Labute approximate surface area is 159 Å². The molecule has 10 nitrogen and oxygen atoms in total. The Morgan fingerprint density at radius 2 is 2.00 bits per heavy atom. The van der Waals surface area contributed by atoms with Gasteiger partial charge in [-0.1, -0.05) is 0 Å². The Kier molecular flexibility index (Phi) is 4.52. The predicted octanol–water partition coefficient (Wildman–Crippen LogP) is 1.39. The van der Waals surface area contributed by atoms with Crippen molar-refractivity contribution in [2.45, 2.75) is 20.0 Å². The number of nitrogens with zero attached hydrogens (tertiary/aromatic N) is 4. The average Bonchev–Trinajstić information content (AvgIpc) is 3.14. The molecule has 1 aliphatic heterocycles. The molecule has 1 atom stereocenters. The highest BCUT2D eigenvalue weighted by molar-refractivity contribution is 5.96. The van der Waals surface area contributed by atoms with Crippen LogP contribution in [0.1, 0.15) is 23.2 Å². The highest BCUT2D eigenvalue weighted by atomic mass is 16.6. The van der Waals surface area contributed by atoms with Crippen LogP contribution in [0.15, 0.2) is 30.5 Å². The van der Waals surface area contributed by atoms with E-state index in [2.05, 4.69) is 20.4 Å². The van der Waals surface area contributed by atoms with E-state index in [4.69, 9.17) is 14.2 Å². The van der Waals surface area contributed by atoms with Gasteiger partial charge in [0.05, 0.1) is 0 Å². The number of amides is 1. The smallest absolute Gasteiger partial charge is 0.379 e. The van der Waals surface area contributed by atoms with Gasteiger partial charge in [-0.05, 0) is 32.0 Å². The van der Waals surface area contributed by atoms with Crippen molar-refractivity contribution < 1.29 is 23.8 Å². The van der Waals surface area contributed by atoms with Crippen LogP contribution in [0.25, 0.3) is 5.78 Å². The van der Waals surface area contributed by atoms with Crippen molar-refractivity contribution in [3.63, 3.8) is 0 Å². The van der Waals surface area contributed by atoms with E-state index in [1.807, 2.05) is 6.92 Å². The molecule has 0 fully saturated rings. The lowest BCUT2D eigenvalue weighted by molar-refractivity contribution is -0.123. The summed E-state index contributed by atoms with van der Waals surface area (Å²) in [5.74, 6) is -0.0325. The molecule has 0 aliphatic carbocycles. The van der Waals surface area contributed by atoms with E-state index in [9.17, 15) is 9.59 Å². The van der Waals surface area contributed by atoms with Crippen LogP contribution >= 0.6 is 0 Å². The van der Waals surface area contributed by atoms with Gasteiger partial charge in [-0.25, -0.2) is 14.3 Å². The molecule has 0 bridgehead atoms. The third-order valence-electron chi connectivity index (χ3n) is 4.08. The Morgan fingerprint density at radius 1 is 1.21 bits per heavy atom. The number of aryl methyl sites for hydroxylation is 1. The molecule has 1 N–H and O–H groups in total. The molecule has 1 aromatic carbocycles. The minimum atomic E-state index is -1.05. The summed E-state index contributed by atoms with van der Waals surface area (Å²) in [4.78, 5) is 32.7. The number of carbonyl (C=O) groups is 2. The molecule has 3 heterocycles. The minimum Gasteiger partial charge on any atom is -0.486 e. The van der Waals surface area contributed by atoms with Gasteiger partial charge in [0, 0.05) is 23.6 Å². The number of carbonyl (C=O) groups excluding carboxylic acids is 2. The Morgan fingerprint density at radius 3 is 2.79 bits per heavy atom. The fourth-order valence-electron chi connectivity index (χ4n) is 2.62. The molecule has 1 aliphatic rings. The van der Waals surface area contributed by atoms with Crippen molar-refractivity contribution in [3.8, 4) is 11.5 Å². The predicted molar refractivity (Wildman–Crippen MR) is 96.5 cm³/mol. The van der Waals surface area contributed by atoms with Crippen LogP contribution in [0.5, 0.6) is 11.5 Å². The maximum atomic E-state index is 12.4. The van der Waals surface area contributed by atoms with E-state index in [0.717, 1.165) is 5.69 Å². The third-order valence-corrected chi connectivity index (χ3v) is 4.08. The third kappa shape index (κ3) is 3.43. The van der Waals surface area contributed by atoms with Gasteiger partial charge in [-0.3, -0.25) is 4.79 Å². The first-order valence-corrected chi connectivity index (χ1v) is 8.61. The highest BCUT2D eigenvalue weighted by Gasteiger charge is 2.23. The zero-order chi connectivity index (χ0) is 19.7. The molecule has 4 rings (SSSR count). The number of hydrogen-bond donors (Lipinski definition) is 1. The number of benzene rings is 1. The lowest BCUT2D eigenvalue weighted by atomic mass is 10.2. The van der Waals surface area contributed by atoms with E-state index in [0.29, 0.717) is 30.4 Å². The summed E-state index contributed by atoms with van der Waals surface area (Å²) in [6.45, 7) is 4.20. The van der Waals surface area contributed by atoms with Gasteiger partial charge in [0.1, 0.15) is 13.2 Å². The summed E-state index contributed by atoms with van der Waals surface area (Å²) in [5.41, 5.74) is 1.27. The number of ether oxygens (including phenoxy) is 3. The lowest BCUT2D eigenvalue weighted by Gasteiger charge is -2.19. The molecule has 3 aromatic rings. The maximum absolute atomic E-state index is 12.4. The zero-order valence-electron chi connectivity index (χ0n) is 15.2. The molecular formula is C18H17N5O5. The molecule has 28 heavy (non-hydrogen) atoms. The Hall–Kier alpha value is -3.69. The maximum Gasteiger partial charge on any atom is 0.379 e. The van der Waals surface area contributed by atoms with E-state index in [1.165, 1.54) is 11.4 Å². The summed E-state index contributed by atoms with van der Waals surface area (Å²) in [6, 6.07) is 6.77. The van der Waals surface area contributed by atoms with Crippen LogP contribution in [-0.4, -0.2) is 50.8 Å². The lowest BCUT2D eigenvalue weighted by Crippen LogP contribution is -2.30. The van der Waals surface area contributed by atoms with Gasteiger partial charge in [0.15, 0.2) is 17.6 Å². The summed E-state index contributed by atoms with van der Waals surface area (Å²) in [6.07, 6.45) is 0.513. The van der Waals surface area contributed by atoms with Gasteiger partial charge in [-0.2, -0.15) is 4.98 Å². The quantitative estimate of drug-likeness (QED) is 0.672. The molecule has 0 unspecified atom stereocenters. The van der Waals surface area contributed by atoms with E-state index in [-0.39, 0.29) is 11.6 Å². The summed E-state index contributed by atoms with van der Waals surface area (Å²) in [7, 11) is 0. The second-order valence-corrected chi connectivity index (χ2v) is 6.13. The Bertz CT molecular complexity index is 1060. The van der Waals surface area contributed by atoms with Crippen molar-refractivity contribution in [1.29, 1.82) is 0 Å². The summed E-state index contributed by atoms with van der Waals surface area (Å²) >= 11 is 0. The van der Waals surface area contributed by atoms with Crippen LogP contribution in [0.3, 0.4) is 0 Å². The fourth-order valence-corrected chi connectivity index (χ4v) is 2.62. The average molecular weight is 383 g/mol. The number of rotatable bonds is 4. The normalized spacial score (nSPS) is 13.8. The second-order valence-electron chi connectivity index (χ2n) is 6.13. The van der Waals surface area contributed by atoms with Crippen molar-refractivity contribution >= 4 is 23.3 Å². The topological polar surface area (TPSA) is 117 Å². The van der Waals surface area contributed by atoms with Gasteiger partial charge < -0.3 is 19.5 Å². The zero-order valence-corrected chi connectivity index (χ0v) is 15.2. The largest absolute Gasteiger partial charge is 0.486 e. The molecule has 2 aromatic heterocycles. The number of esters is 1. The van der Waals surface area contributed by atoms with Crippen LogP contribution in [-0.2, 0) is 9.53 Å². The van der Waals surface area contributed by atoms with Gasteiger partial charge >= 0.3 is 5.97 Å². The van der Waals surface area contributed by atoms with E-state index < -0.39 is 18.0 Å². The monoisotopic (exact) mass is 383 g/mol. The molecule has 144 valence electrons. The first-order valence-electron chi connectivity index (χ1n) is 8.61. The minimum absolute atomic E-state index is 0.166. The van der Waals surface area contributed by atoms with Gasteiger partial charge in [0.2, 0.25) is 0 Å². The van der Waals surface area contributed by atoms with Gasteiger partial charge in [0.25, 0.3) is 17.5 Å². The number of anilines is 1. The molecule has 10 heteroatoms.